The summed E-state index contributed by atoms with van der Waals surface area (Å²) in [5.74, 6) is 0. The van der Waals surface area contributed by atoms with E-state index in [-0.39, 0.29) is 0 Å². The number of piperazine rings is 1. The van der Waals surface area contributed by atoms with Gasteiger partial charge in [-0.25, -0.2) is 0 Å². The third-order valence-corrected chi connectivity index (χ3v) is 5.21. The summed E-state index contributed by atoms with van der Waals surface area (Å²) in [5.41, 5.74) is 0. The van der Waals surface area contributed by atoms with Crippen LogP contribution in [0.2, 0.25) is 0 Å². The minimum Gasteiger partial charge on any atom is -0.315 e. The van der Waals surface area contributed by atoms with Crippen LogP contribution in [-0.4, -0.2) is 61.2 Å². The fourth-order valence-electron chi connectivity index (χ4n) is 3.78. The molecule has 3 heteroatoms. The van der Waals surface area contributed by atoms with E-state index in [0.29, 0.717) is 18.1 Å². The number of nitrogens with one attached hydrogen (secondary N) is 1. The van der Waals surface area contributed by atoms with Gasteiger partial charge in [-0.2, -0.15) is 0 Å². The van der Waals surface area contributed by atoms with E-state index in [1.54, 1.807) is 0 Å². The quantitative estimate of drug-likeness (QED) is 0.759. The third-order valence-electron chi connectivity index (χ3n) is 5.21. The van der Waals surface area contributed by atoms with E-state index >= 15 is 0 Å². The van der Waals surface area contributed by atoms with E-state index in [1.807, 2.05) is 0 Å². The molecule has 3 nitrogen and oxygen atoms in total. The maximum Gasteiger partial charge on any atom is 0.0250 e. The lowest BCUT2D eigenvalue weighted by atomic mass is 9.98. The van der Waals surface area contributed by atoms with Crippen molar-refractivity contribution in [3.05, 3.63) is 0 Å². The molecule has 0 aromatic heterocycles. The van der Waals surface area contributed by atoms with Crippen molar-refractivity contribution in [1.29, 1.82) is 0 Å². The van der Waals surface area contributed by atoms with E-state index in [0.717, 1.165) is 6.04 Å². The summed E-state index contributed by atoms with van der Waals surface area (Å²) < 4.78 is 0. The first-order chi connectivity index (χ1) is 8.63. The largest absolute Gasteiger partial charge is 0.315 e. The molecular weight excluding hydrogens is 222 g/mol. The molecule has 18 heavy (non-hydrogen) atoms. The van der Waals surface area contributed by atoms with Gasteiger partial charge in [-0.1, -0.05) is 19.3 Å². The standard InChI is InChI=1S/C15H31N3/c1-12-10-18(11-13(2)17(12)4)15-9-7-5-6-8-14(15)16-3/h12-16H,5-11H2,1-4H3. The van der Waals surface area contributed by atoms with Crippen LogP contribution in [0.5, 0.6) is 0 Å². The molecule has 2 aliphatic rings. The predicted molar refractivity (Wildman–Crippen MR) is 78.0 cm³/mol. The Morgan fingerprint density at radius 1 is 0.944 bits per heavy atom. The average Bonchev–Trinajstić information content (AvgIpc) is 2.60. The van der Waals surface area contributed by atoms with E-state index in [2.05, 4.69) is 43.1 Å². The minimum atomic E-state index is 0.689. The van der Waals surface area contributed by atoms with Gasteiger partial charge >= 0.3 is 0 Å². The monoisotopic (exact) mass is 253 g/mol. The van der Waals surface area contributed by atoms with Crippen molar-refractivity contribution in [1.82, 2.24) is 15.1 Å². The number of hydrogen-bond acceptors (Lipinski definition) is 3. The summed E-state index contributed by atoms with van der Waals surface area (Å²) in [4.78, 5) is 5.30. The highest BCUT2D eigenvalue weighted by Crippen LogP contribution is 2.25. The molecule has 1 heterocycles. The average molecular weight is 253 g/mol. The van der Waals surface area contributed by atoms with Crippen LogP contribution in [0.25, 0.3) is 0 Å². The second kappa shape index (κ2) is 6.36. The van der Waals surface area contributed by atoms with Crippen molar-refractivity contribution >= 4 is 0 Å². The van der Waals surface area contributed by atoms with Crippen LogP contribution in [0.1, 0.15) is 46.0 Å². The molecule has 4 unspecified atom stereocenters. The maximum atomic E-state index is 3.58. The molecule has 1 aliphatic carbocycles. The van der Waals surface area contributed by atoms with E-state index in [9.17, 15) is 0 Å². The molecular formula is C15H31N3. The third kappa shape index (κ3) is 3.06. The Morgan fingerprint density at radius 3 is 2.17 bits per heavy atom. The van der Waals surface area contributed by atoms with Crippen molar-refractivity contribution < 1.29 is 0 Å². The normalized spacial score (nSPS) is 40.7. The Bertz CT molecular complexity index is 244. The molecule has 0 spiro atoms. The van der Waals surface area contributed by atoms with Gasteiger partial charge in [-0.15, -0.1) is 0 Å². The second-order valence-electron chi connectivity index (χ2n) is 6.42. The van der Waals surface area contributed by atoms with Gasteiger partial charge in [0.1, 0.15) is 0 Å². The lowest BCUT2D eigenvalue weighted by Crippen LogP contribution is -2.60. The zero-order chi connectivity index (χ0) is 13.1. The number of likely N-dealkylation sites (N-methyl/N-ethyl adjacent to an activating group) is 2. The summed E-state index contributed by atoms with van der Waals surface area (Å²) in [6, 6.07) is 2.84. The molecule has 0 radical (unpaired) electrons. The van der Waals surface area contributed by atoms with Crippen LogP contribution in [0.15, 0.2) is 0 Å². The highest BCUT2D eigenvalue weighted by Gasteiger charge is 2.34. The Hall–Kier alpha value is -0.120. The first kappa shape index (κ1) is 14.3. The van der Waals surface area contributed by atoms with Crippen LogP contribution < -0.4 is 5.32 Å². The molecule has 1 saturated carbocycles. The molecule has 0 aromatic rings. The van der Waals surface area contributed by atoms with Gasteiger partial charge in [0.15, 0.2) is 0 Å². The molecule has 106 valence electrons. The lowest BCUT2D eigenvalue weighted by Gasteiger charge is -2.47. The van der Waals surface area contributed by atoms with Crippen molar-refractivity contribution in [3.63, 3.8) is 0 Å². The van der Waals surface area contributed by atoms with Crippen LogP contribution >= 0.6 is 0 Å². The Morgan fingerprint density at radius 2 is 1.56 bits per heavy atom. The van der Waals surface area contributed by atoms with E-state index in [4.69, 9.17) is 0 Å². The number of rotatable bonds is 2. The van der Waals surface area contributed by atoms with Gasteiger partial charge in [-0.3, -0.25) is 9.80 Å². The predicted octanol–water partition coefficient (Wildman–Crippen LogP) is 1.93. The van der Waals surface area contributed by atoms with Gasteiger partial charge in [0.05, 0.1) is 0 Å². The van der Waals surface area contributed by atoms with Crippen LogP contribution in [0.4, 0.5) is 0 Å². The Labute approximate surface area is 113 Å². The molecule has 1 saturated heterocycles. The Kier molecular flexibility index (Phi) is 5.05. The van der Waals surface area contributed by atoms with Crippen molar-refractivity contribution in [2.75, 3.05) is 27.2 Å². The van der Waals surface area contributed by atoms with Crippen molar-refractivity contribution in [2.24, 2.45) is 0 Å². The highest BCUT2D eigenvalue weighted by molar-refractivity contribution is 4.92. The van der Waals surface area contributed by atoms with Gasteiger partial charge in [0, 0.05) is 37.3 Å². The molecule has 2 fully saturated rings. The van der Waals surface area contributed by atoms with Gasteiger partial charge < -0.3 is 5.32 Å². The maximum absolute atomic E-state index is 3.58. The molecule has 0 bridgehead atoms. The first-order valence-electron chi connectivity index (χ1n) is 7.76. The number of nitrogens with zero attached hydrogens (tertiary/aromatic N) is 2. The molecule has 0 aromatic carbocycles. The topological polar surface area (TPSA) is 18.5 Å². The van der Waals surface area contributed by atoms with Gasteiger partial charge in [-0.05, 0) is 40.8 Å². The van der Waals surface area contributed by atoms with E-state index in [1.165, 1.54) is 45.2 Å². The summed E-state index contributed by atoms with van der Waals surface area (Å²) in [6.45, 7) is 7.22. The summed E-state index contributed by atoms with van der Waals surface area (Å²) in [6.07, 6.45) is 6.98. The molecule has 1 aliphatic heterocycles. The Balaban J connectivity index is 2.03. The summed E-state index contributed by atoms with van der Waals surface area (Å²) in [7, 11) is 4.42. The zero-order valence-electron chi connectivity index (χ0n) is 12.7. The van der Waals surface area contributed by atoms with Crippen LogP contribution in [-0.2, 0) is 0 Å². The minimum absolute atomic E-state index is 0.689. The SMILES string of the molecule is CNC1CCCCCC1N1CC(C)N(C)C(C)C1. The fourth-order valence-corrected chi connectivity index (χ4v) is 3.78. The lowest BCUT2D eigenvalue weighted by molar-refractivity contribution is 0.0213. The molecule has 2 rings (SSSR count). The van der Waals surface area contributed by atoms with Gasteiger partial charge in [0.25, 0.3) is 0 Å². The molecule has 0 amide bonds. The fraction of sp³-hybridized carbons (Fsp3) is 1.00. The highest BCUT2D eigenvalue weighted by atomic mass is 15.3. The first-order valence-corrected chi connectivity index (χ1v) is 7.76. The van der Waals surface area contributed by atoms with Gasteiger partial charge in [0.2, 0.25) is 0 Å². The molecule has 1 N–H and O–H groups in total. The second-order valence-corrected chi connectivity index (χ2v) is 6.42. The van der Waals surface area contributed by atoms with Crippen LogP contribution in [0.3, 0.4) is 0 Å². The van der Waals surface area contributed by atoms with Crippen molar-refractivity contribution in [3.8, 4) is 0 Å². The van der Waals surface area contributed by atoms with Crippen LogP contribution in [0, 0.1) is 0 Å². The van der Waals surface area contributed by atoms with Crippen molar-refractivity contribution in [2.45, 2.75) is 70.1 Å². The zero-order valence-corrected chi connectivity index (χ0v) is 12.7. The van der Waals surface area contributed by atoms with E-state index < -0.39 is 0 Å². The smallest absolute Gasteiger partial charge is 0.0250 e. The summed E-state index contributed by atoms with van der Waals surface area (Å²) >= 11 is 0. The molecule has 4 atom stereocenters. The summed E-state index contributed by atoms with van der Waals surface area (Å²) in [5, 5.41) is 3.58. The number of hydrogen-bond donors (Lipinski definition) is 1.